The zero-order valence-electron chi connectivity index (χ0n) is 29.5. The topological polar surface area (TPSA) is 149 Å². The molecule has 0 aliphatic carbocycles. The van der Waals surface area contributed by atoms with Gasteiger partial charge in [-0.2, -0.15) is 0 Å². The standard InChI is InChI=1S/C38H69NO8/c1-3-5-7-9-11-13-15-16-18-19-21-23-25-27-32(41)31(30-46-38-37(45)36(44)35(43)33(29-40)47-38)39-34(42)28-26-24-22-20-17-14-12-10-8-6-4-2/h10,12,18-19,25,27,31-33,35-38,40-41,43-45H,3-9,11,13-17,20-24,26,28-30H2,1-2H3,(H,39,42)/b12-10-,19-18+,27-25+. The number of hydrogen-bond acceptors (Lipinski definition) is 8. The van der Waals surface area contributed by atoms with E-state index >= 15 is 0 Å². The number of unbranched alkanes of at least 4 members (excludes halogenated alkanes) is 15. The van der Waals surface area contributed by atoms with Crippen molar-refractivity contribution < 1.29 is 39.8 Å². The van der Waals surface area contributed by atoms with Crippen molar-refractivity contribution in [1.29, 1.82) is 0 Å². The van der Waals surface area contributed by atoms with E-state index in [2.05, 4.69) is 43.5 Å². The molecule has 274 valence electrons. The van der Waals surface area contributed by atoms with Crippen LogP contribution in [0.25, 0.3) is 0 Å². The largest absolute Gasteiger partial charge is 0.394 e. The Balaban J connectivity index is 2.52. The van der Waals surface area contributed by atoms with E-state index in [1.165, 1.54) is 57.8 Å². The van der Waals surface area contributed by atoms with Gasteiger partial charge in [0.25, 0.3) is 0 Å². The van der Waals surface area contributed by atoms with Crippen LogP contribution < -0.4 is 5.32 Å². The molecule has 1 heterocycles. The fourth-order valence-corrected chi connectivity index (χ4v) is 5.56. The molecule has 7 atom stereocenters. The number of aliphatic hydroxyl groups excluding tert-OH is 5. The number of allylic oxidation sites excluding steroid dienone is 5. The van der Waals surface area contributed by atoms with Gasteiger partial charge in [-0.3, -0.25) is 4.79 Å². The van der Waals surface area contributed by atoms with Crippen LogP contribution in [0.5, 0.6) is 0 Å². The van der Waals surface area contributed by atoms with Crippen LogP contribution in [0.3, 0.4) is 0 Å². The highest BCUT2D eigenvalue weighted by atomic mass is 16.7. The molecule has 7 unspecified atom stereocenters. The van der Waals surface area contributed by atoms with Gasteiger partial charge in [0.05, 0.1) is 25.4 Å². The first-order chi connectivity index (χ1) is 22.8. The van der Waals surface area contributed by atoms with Crippen molar-refractivity contribution in [2.45, 2.75) is 185 Å². The molecule has 9 nitrogen and oxygen atoms in total. The number of hydrogen-bond donors (Lipinski definition) is 6. The van der Waals surface area contributed by atoms with Gasteiger partial charge in [-0.15, -0.1) is 0 Å². The molecule has 0 aromatic carbocycles. The Kier molecular flexibility index (Phi) is 27.1. The van der Waals surface area contributed by atoms with Crippen molar-refractivity contribution in [3.63, 3.8) is 0 Å². The summed E-state index contributed by atoms with van der Waals surface area (Å²) in [5.74, 6) is -0.202. The Bertz CT molecular complexity index is 833. The van der Waals surface area contributed by atoms with Crippen LogP contribution in [0, 0.1) is 0 Å². The fourth-order valence-electron chi connectivity index (χ4n) is 5.56. The number of nitrogens with one attached hydrogen (secondary N) is 1. The Morgan fingerprint density at radius 3 is 1.85 bits per heavy atom. The zero-order chi connectivity index (χ0) is 34.5. The predicted octanol–water partition coefficient (Wildman–Crippen LogP) is 6.16. The number of aliphatic hydroxyl groups is 5. The minimum Gasteiger partial charge on any atom is -0.394 e. The Morgan fingerprint density at radius 1 is 0.702 bits per heavy atom. The van der Waals surface area contributed by atoms with E-state index < -0.39 is 49.5 Å². The summed E-state index contributed by atoms with van der Waals surface area (Å²) in [6.45, 7) is 3.66. The van der Waals surface area contributed by atoms with Crippen molar-refractivity contribution in [3.05, 3.63) is 36.5 Å². The summed E-state index contributed by atoms with van der Waals surface area (Å²) < 4.78 is 11.1. The van der Waals surface area contributed by atoms with Crippen molar-refractivity contribution in [3.8, 4) is 0 Å². The number of amides is 1. The van der Waals surface area contributed by atoms with E-state index in [1.54, 1.807) is 6.08 Å². The number of carbonyl (C=O) groups is 1. The van der Waals surface area contributed by atoms with Gasteiger partial charge in [-0.05, 0) is 51.4 Å². The second-order valence-corrected chi connectivity index (χ2v) is 13.0. The van der Waals surface area contributed by atoms with Gasteiger partial charge in [-0.25, -0.2) is 0 Å². The van der Waals surface area contributed by atoms with Gasteiger partial charge in [-0.1, -0.05) is 121 Å². The molecule has 9 heteroatoms. The zero-order valence-corrected chi connectivity index (χ0v) is 29.5. The molecular weight excluding hydrogens is 598 g/mol. The Morgan fingerprint density at radius 2 is 1.23 bits per heavy atom. The van der Waals surface area contributed by atoms with Gasteiger partial charge in [0, 0.05) is 6.42 Å². The second kappa shape index (κ2) is 29.3. The van der Waals surface area contributed by atoms with Crippen LogP contribution in [-0.4, -0.2) is 87.5 Å². The molecule has 6 N–H and O–H groups in total. The van der Waals surface area contributed by atoms with Crippen molar-refractivity contribution in [1.82, 2.24) is 5.32 Å². The smallest absolute Gasteiger partial charge is 0.220 e. The maximum atomic E-state index is 12.8. The SMILES string of the molecule is CCCC/C=C\CCCCCCCC(=O)NC(COC1OC(CO)C(O)C(O)C1O)C(O)/C=C/CC/C=C/CCCCCCCCC. The van der Waals surface area contributed by atoms with Gasteiger partial charge in [0.2, 0.25) is 5.91 Å². The third kappa shape index (κ3) is 21.2. The lowest BCUT2D eigenvalue weighted by molar-refractivity contribution is -0.302. The lowest BCUT2D eigenvalue weighted by Gasteiger charge is -2.40. The minimum atomic E-state index is -1.57. The minimum absolute atomic E-state index is 0.202. The van der Waals surface area contributed by atoms with E-state index in [0.29, 0.717) is 6.42 Å². The lowest BCUT2D eigenvalue weighted by atomic mass is 9.99. The van der Waals surface area contributed by atoms with Crippen LogP contribution in [0.15, 0.2) is 36.5 Å². The highest BCUT2D eigenvalue weighted by Crippen LogP contribution is 2.22. The molecule has 0 saturated carbocycles. The van der Waals surface area contributed by atoms with Crippen LogP contribution in [-0.2, 0) is 14.3 Å². The van der Waals surface area contributed by atoms with Crippen molar-refractivity contribution in [2.24, 2.45) is 0 Å². The summed E-state index contributed by atoms with van der Waals surface area (Å²) in [5.41, 5.74) is 0. The van der Waals surface area contributed by atoms with E-state index in [9.17, 15) is 30.3 Å². The van der Waals surface area contributed by atoms with Crippen LogP contribution >= 0.6 is 0 Å². The maximum Gasteiger partial charge on any atom is 0.220 e. The predicted molar refractivity (Wildman–Crippen MR) is 189 cm³/mol. The van der Waals surface area contributed by atoms with Crippen LogP contribution in [0.4, 0.5) is 0 Å². The average molecular weight is 668 g/mol. The molecule has 1 fully saturated rings. The molecule has 47 heavy (non-hydrogen) atoms. The first-order valence-electron chi connectivity index (χ1n) is 18.7. The maximum absolute atomic E-state index is 12.8. The molecule has 1 saturated heterocycles. The number of ether oxygens (including phenoxy) is 2. The Labute approximate surface area is 285 Å². The van der Waals surface area contributed by atoms with Crippen molar-refractivity contribution in [2.75, 3.05) is 13.2 Å². The first kappa shape index (κ1) is 43.4. The highest BCUT2D eigenvalue weighted by molar-refractivity contribution is 5.76. The molecule has 0 radical (unpaired) electrons. The van der Waals surface area contributed by atoms with Crippen molar-refractivity contribution >= 4 is 5.91 Å². The average Bonchev–Trinajstić information content (AvgIpc) is 3.07. The van der Waals surface area contributed by atoms with E-state index in [1.807, 2.05) is 6.08 Å². The highest BCUT2D eigenvalue weighted by Gasteiger charge is 2.44. The number of carbonyl (C=O) groups excluding carboxylic acids is 1. The molecule has 0 bridgehead atoms. The monoisotopic (exact) mass is 668 g/mol. The molecule has 0 spiro atoms. The molecule has 1 aliphatic rings. The molecule has 0 aromatic rings. The number of rotatable bonds is 29. The summed E-state index contributed by atoms with van der Waals surface area (Å²) in [6.07, 6.45) is 26.2. The summed E-state index contributed by atoms with van der Waals surface area (Å²) in [4.78, 5) is 12.8. The Hall–Kier alpha value is -1.59. The van der Waals surface area contributed by atoms with E-state index in [0.717, 1.165) is 64.2 Å². The quantitative estimate of drug-likeness (QED) is 0.0411. The lowest BCUT2D eigenvalue weighted by Crippen LogP contribution is -2.60. The van der Waals surface area contributed by atoms with E-state index in [4.69, 9.17) is 9.47 Å². The van der Waals surface area contributed by atoms with Gasteiger partial charge in [0.1, 0.15) is 24.4 Å². The van der Waals surface area contributed by atoms with Gasteiger partial charge >= 0.3 is 0 Å². The molecule has 1 amide bonds. The van der Waals surface area contributed by atoms with Gasteiger partial charge in [0.15, 0.2) is 6.29 Å². The first-order valence-corrected chi connectivity index (χ1v) is 18.7. The normalized spacial score (nSPS) is 23.3. The van der Waals surface area contributed by atoms with E-state index in [-0.39, 0.29) is 12.5 Å². The summed E-state index contributed by atoms with van der Waals surface area (Å²) in [6, 6.07) is -0.821. The molecule has 1 aliphatic heterocycles. The summed E-state index contributed by atoms with van der Waals surface area (Å²) in [7, 11) is 0. The summed E-state index contributed by atoms with van der Waals surface area (Å²) in [5, 5.41) is 53.8. The molecular formula is C38H69NO8. The molecule has 1 rings (SSSR count). The third-order valence-corrected chi connectivity index (χ3v) is 8.69. The van der Waals surface area contributed by atoms with Crippen LogP contribution in [0.1, 0.15) is 142 Å². The van der Waals surface area contributed by atoms with Crippen LogP contribution in [0.2, 0.25) is 0 Å². The second-order valence-electron chi connectivity index (χ2n) is 13.0. The molecule has 0 aromatic heterocycles. The van der Waals surface area contributed by atoms with Gasteiger partial charge < -0.3 is 40.3 Å². The summed E-state index contributed by atoms with van der Waals surface area (Å²) >= 11 is 0. The fraction of sp³-hybridized carbons (Fsp3) is 0.816. The third-order valence-electron chi connectivity index (χ3n) is 8.69.